The van der Waals surface area contributed by atoms with Gasteiger partial charge in [0.1, 0.15) is 5.76 Å². The zero-order valence-corrected chi connectivity index (χ0v) is 13.3. The minimum Gasteiger partial charge on any atom is -0.360 e. The van der Waals surface area contributed by atoms with Crippen LogP contribution in [0.4, 0.5) is 0 Å². The van der Waals surface area contributed by atoms with E-state index >= 15 is 0 Å². The monoisotopic (exact) mass is 313 g/mol. The highest BCUT2D eigenvalue weighted by Crippen LogP contribution is 2.25. The van der Waals surface area contributed by atoms with Gasteiger partial charge in [0.05, 0.1) is 0 Å². The van der Waals surface area contributed by atoms with Crippen LogP contribution in [0, 0.1) is 0 Å². The van der Waals surface area contributed by atoms with Crippen molar-refractivity contribution in [2.45, 2.75) is 32.1 Å². The Kier molecular flexibility index (Phi) is 5.08. The average Bonchev–Trinajstić information content (AvgIpc) is 3.03. The van der Waals surface area contributed by atoms with Crippen LogP contribution in [-0.4, -0.2) is 35.6 Å². The lowest BCUT2D eigenvalue weighted by molar-refractivity contribution is 0.0750. The number of hydrogen-bond acceptors (Lipinski definition) is 4. The zero-order chi connectivity index (χ0) is 16.1. The number of carbonyl (C=O) groups excluding carboxylic acids is 1. The maximum atomic E-state index is 12.8. The van der Waals surface area contributed by atoms with Gasteiger partial charge in [0.2, 0.25) is 0 Å². The summed E-state index contributed by atoms with van der Waals surface area (Å²) >= 11 is 0. The van der Waals surface area contributed by atoms with Crippen molar-refractivity contribution in [3.05, 3.63) is 52.9 Å². The van der Waals surface area contributed by atoms with Crippen molar-refractivity contribution >= 4 is 5.91 Å². The second-order valence-electron chi connectivity index (χ2n) is 5.96. The Balaban J connectivity index is 1.72. The second kappa shape index (κ2) is 7.42. The minimum atomic E-state index is -0.0571. The van der Waals surface area contributed by atoms with Gasteiger partial charge in [-0.05, 0) is 31.2 Å². The molecule has 1 amide bonds. The van der Waals surface area contributed by atoms with Crippen molar-refractivity contribution in [1.29, 1.82) is 0 Å². The van der Waals surface area contributed by atoms with Gasteiger partial charge in [-0.1, -0.05) is 35.5 Å². The first-order valence-corrected chi connectivity index (χ1v) is 8.30. The summed E-state index contributed by atoms with van der Waals surface area (Å²) in [7, 11) is 0. The Labute approximate surface area is 136 Å². The number of benzene rings is 1. The molecule has 0 radical (unpaired) electrons. The van der Waals surface area contributed by atoms with E-state index in [0.29, 0.717) is 25.3 Å². The van der Waals surface area contributed by atoms with Crippen molar-refractivity contribution in [2.24, 2.45) is 5.73 Å². The standard InChI is InChI=1S/C18H23N3O2/c19-11-13-21(12-10-14-6-2-1-3-7-14)18(22)17-15-8-4-5-9-16(15)23-20-17/h1-3,6-7H,4-5,8-13,19H2. The van der Waals surface area contributed by atoms with Crippen molar-refractivity contribution < 1.29 is 9.32 Å². The molecule has 0 atom stereocenters. The lowest BCUT2D eigenvalue weighted by Crippen LogP contribution is -2.37. The fourth-order valence-electron chi connectivity index (χ4n) is 3.08. The predicted molar refractivity (Wildman–Crippen MR) is 88.2 cm³/mol. The first kappa shape index (κ1) is 15.7. The average molecular weight is 313 g/mol. The van der Waals surface area contributed by atoms with Gasteiger partial charge in [-0.3, -0.25) is 4.79 Å². The largest absolute Gasteiger partial charge is 0.360 e. The Bertz CT molecular complexity index is 652. The molecule has 0 aliphatic heterocycles. The zero-order valence-electron chi connectivity index (χ0n) is 13.3. The number of rotatable bonds is 6. The fraction of sp³-hybridized carbons (Fsp3) is 0.444. The molecule has 0 bridgehead atoms. The number of hydrogen-bond donors (Lipinski definition) is 1. The minimum absolute atomic E-state index is 0.0571. The molecule has 0 spiro atoms. The van der Waals surface area contributed by atoms with Crippen LogP contribution in [-0.2, 0) is 19.3 Å². The maximum absolute atomic E-state index is 12.8. The summed E-state index contributed by atoms with van der Waals surface area (Å²) in [6.07, 6.45) is 4.78. The number of fused-ring (bicyclic) bond motifs is 1. The highest BCUT2D eigenvalue weighted by Gasteiger charge is 2.27. The van der Waals surface area contributed by atoms with Crippen LogP contribution in [0.2, 0.25) is 0 Å². The highest BCUT2D eigenvalue weighted by molar-refractivity contribution is 5.94. The van der Waals surface area contributed by atoms with Gasteiger partial charge in [-0.15, -0.1) is 0 Å². The molecule has 0 unspecified atom stereocenters. The van der Waals surface area contributed by atoms with Gasteiger partial charge in [-0.2, -0.15) is 0 Å². The van der Waals surface area contributed by atoms with Gasteiger partial charge < -0.3 is 15.2 Å². The third-order valence-corrected chi connectivity index (χ3v) is 4.35. The van der Waals surface area contributed by atoms with Crippen LogP contribution < -0.4 is 5.73 Å². The third-order valence-electron chi connectivity index (χ3n) is 4.35. The molecule has 1 aromatic carbocycles. The number of aryl methyl sites for hydroxylation is 1. The molecule has 1 heterocycles. The van der Waals surface area contributed by atoms with E-state index in [2.05, 4.69) is 17.3 Å². The molecule has 122 valence electrons. The van der Waals surface area contributed by atoms with Gasteiger partial charge >= 0.3 is 0 Å². The summed E-state index contributed by atoms with van der Waals surface area (Å²) in [5.41, 5.74) is 8.39. The lowest BCUT2D eigenvalue weighted by atomic mass is 9.96. The molecular weight excluding hydrogens is 290 g/mol. The van der Waals surface area contributed by atoms with Gasteiger partial charge in [0.25, 0.3) is 5.91 Å². The van der Waals surface area contributed by atoms with E-state index in [-0.39, 0.29) is 5.91 Å². The Morgan fingerprint density at radius 2 is 1.96 bits per heavy atom. The third kappa shape index (κ3) is 3.62. The Morgan fingerprint density at radius 3 is 2.74 bits per heavy atom. The van der Waals surface area contributed by atoms with Crippen molar-refractivity contribution in [3.63, 3.8) is 0 Å². The molecule has 0 saturated carbocycles. The molecule has 1 aliphatic carbocycles. The first-order chi connectivity index (χ1) is 11.3. The van der Waals surface area contributed by atoms with Crippen LogP contribution in [0.15, 0.2) is 34.9 Å². The van der Waals surface area contributed by atoms with E-state index in [1.807, 2.05) is 18.2 Å². The van der Waals surface area contributed by atoms with Crippen LogP contribution in [0.5, 0.6) is 0 Å². The predicted octanol–water partition coefficient (Wildman–Crippen LogP) is 2.20. The summed E-state index contributed by atoms with van der Waals surface area (Å²) in [4.78, 5) is 14.6. The SMILES string of the molecule is NCCN(CCc1ccccc1)C(=O)c1noc2c1CCCC2. The molecule has 5 heteroatoms. The maximum Gasteiger partial charge on any atom is 0.276 e. The topological polar surface area (TPSA) is 72.4 Å². The van der Waals surface area contributed by atoms with Gasteiger partial charge in [-0.25, -0.2) is 0 Å². The smallest absolute Gasteiger partial charge is 0.276 e. The molecule has 1 aliphatic rings. The molecule has 1 aromatic heterocycles. The van der Waals surface area contributed by atoms with E-state index in [1.54, 1.807) is 4.90 Å². The van der Waals surface area contributed by atoms with Crippen molar-refractivity contribution in [2.75, 3.05) is 19.6 Å². The van der Waals surface area contributed by atoms with Crippen molar-refractivity contribution in [3.8, 4) is 0 Å². The molecule has 3 rings (SSSR count). The van der Waals surface area contributed by atoms with E-state index in [4.69, 9.17) is 10.3 Å². The highest BCUT2D eigenvalue weighted by atomic mass is 16.5. The molecular formula is C18H23N3O2. The number of amides is 1. The van der Waals surface area contributed by atoms with Crippen LogP contribution >= 0.6 is 0 Å². The molecule has 2 N–H and O–H groups in total. The van der Waals surface area contributed by atoms with E-state index in [0.717, 1.165) is 43.4 Å². The number of nitrogens with zero attached hydrogens (tertiary/aromatic N) is 2. The normalized spacial score (nSPS) is 13.6. The van der Waals surface area contributed by atoms with Crippen LogP contribution in [0.25, 0.3) is 0 Å². The number of nitrogens with two attached hydrogens (primary N) is 1. The van der Waals surface area contributed by atoms with Crippen molar-refractivity contribution in [1.82, 2.24) is 10.1 Å². The summed E-state index contributed by atoms with van der Waals surface area (Å²) in [6.45, 7) is 1.62. The fourth-order valence-corrected chi connectivity index (χ4v) is 3.08. The molecule has 2 aromatic rings. The summed E-state index contributed by atoms with van der Waals surface area (Å²) in [5, 5.41) is 4.05. The van der Waals surface area contributed by atoms with Gasteiger partial charge in [0, 0.05) is 31.6 Å². The van der Waals surface area contributed by atoms with Crippen LogP contribution in [0.1, 0.15) is 40.2 Å². The Hall–Kier alpha value is -2.14. The Morgan fingerprint density at radius 1 is 1.17 bits per heavy atom. The summed E-state index contributed by atoms with van der Waals surface area (Å²) < 4.78 is 5.37. The molecule has 0 saturated heterocycles. The first-order valence-electron chi connectivity index (χ1n) is 8.30. The molecule has 0 fully saturated rings. The second-order valence-corrected chi connectivity index (χ2v) is 5.96. The lowest BCUT2D eigenvalue weighted by Gasteiger charge is -2.21. The van der Waals surface area contributed by atoms with Gasteiger partial charge in [0.15, 0.2) is 5.69 Å². The van der Waals surface area contributed by atoms with E-state index in [9.17, 15) is 4.79 Å². The van der Waals surface area contributed by atoms with E-state index in [1.165, 1.54) is 5.56 Å². The summed E-state index contributed by atoms with van der Waals surface area (Å²) in [5.74, 6) is 0.827. The van der Waals surface area contributed by atoms with E-state index < -0.39 is 0 Å². The number of aromatic nitrogens is 1. The summed E-state index contributed by atoms with van der Waals surface area (Å²) in [6, 6.07) is 10.2. The quantitative estimate of drug-likeness (QED) is 0.887. The molecule has 23 heavy (non-hydrogen) atoms. The number of carbonyl (C=O) groups is 1. The van der Waals surface area contributed by atoms with Crippen LogP contribution in [0.3, 0.4) is 0 Å². The molecule has 5 nitrogen and oxygen atoms in total.